The number of aliphatic carboxylic acids is 1. The number of amides is 1. The molecule has 0 fully saturated rings. The Kier molecular flexibility index (Phi) is 3.97. The molecule has 0 aliphatic heterocycles. The fraction of sp³-hybridized carbons (Fsp3) is 0.385. The topological polar surface area (TPSA) is 97.1 Å². The van der Waals surface area contributed by atoms with Crippen molar-refractivity contribution in [3.05, 3.63) is 23.8 Å². The molecule has 20 heavy (non-hydrogen) atoms. The fourth-order valence-electron chi connectivity index (χ4n) is 1.93. The first-order chi connectivity index (χ1) is 9.56. The number of nitrogens with one attached hydrogen (secondary N) is 1. The van der Waals surface area contributed by atoms with Crippen LogP contribution in [0.1, 0.15) is 30.6 Å². The maximum absolute atomic E-state index is 12.0. The molecule has 2 aromatic rings. The number of carbonyl (C=O) groups is 2. The summed E-state index contributed by atoms with van der Waals surface area (Å²) in [6.07, 6.45) is 0.329. The Morgan fingerprint density at radius 2 is 2.15 bits per heavy atom. The molecule has 1 aromatic carbocycles. The summed E-state index contributed by atoms with van der Waals surface area (Å²) in [4.78, 5) is 22.9. The summed E-state index contributed by atoms with van der Waals surface area (Å²) in [5.74, 6) is -1.47. The Bertz CT molecular complexity index is 650. The lowest BCUT2D eigenvalue weighted by atomic mass is 10.1. The van der Waals surface area contributed by atoms with Gasteiger partial charge in [-0.25, -0.2) is 9.48 Å². The number of carboxylic acids is 1. The number of benzene rings is 1. The van der Waals surface area contributed by atoms with Crippen LogP contribution in [-0.4, -0.2) is 38.0 Å². The van der Waals surface area contributed by atoms with Gasteiger partial charge >= 0.3 is 5.97 Å². The van der Waals surface area contributed by atoms with Gasteiger partial charge in [0.05, 0.1) is 5.52 Å². The number of carboxylic acid groups (broad SMARTS) is 1. The van der Waals surface area contributed by atoms with Crippen LogP contribution in [0.5, 0.6) is 0 Å². The Labute approximate surface area is 115 Å². The highest BCUT2D eigenvalue weighted by molar-refractivity contribution is 5.99. The number of nitrogens with zero attached hydrogens (tertiary/aromatic N) is 3. The second-order valence-corrected chi connectivity index (χ2v) is 4.38. The van der Waals surface area contributed by atoms with Gasteiger partial charge in [-0.05, 0) is 31.5 Å². The molecule has 1 heterocycles. The van der Waals surface area contributed by atoms with E-state index in [0.29, 0.717) is 24.0 Å². The standard InChI is InChI=1S/C13H16N4O3/c1-3-9(13(19)20)14-12(18)8-5-6-11-10(7-8)15-16-17(11)4-2/h5-7,9H,3-4H2,1-2H3,(H,14,18)(H,19,20)/t9-/m1/s1. The lowest BCUT2D eigenvalue weighted by Crippen LogP contribution is -2.40. The molecule has 2 rings (SSSR count). The van der Waals surface area contributed by atoms with Gasteiger partial charge in [0.2, 0.25) is 0 Å². The van der Waals surface area contributed by atoms with E-state index in [1.54, 1.807) is 29.8 Å². The summed E-state index contributed by atoms with van der Waals surface area (Å²) >= 11 is 0. The van der Waals surface area contributed by atoms with Crippen LogP contribution in [0.15, 0.2) is 18.2 Å². The Morgan fingerprint density at radius 1 is 1.40 bits per heavy atom. The zero-order chi connectivity index (χ0) is 14.7. The molecule has 0 radical (unpaired) electrons. The average molecular weight is 276 g/mol. The maximum atomic E-state index is 12.0. The number of fused-ring (bicyclic) bond motifs is 1. The lowest BCUT2D eigenvalue weighted by molar-refractivity contribution is -0.139. The van der Waals surface area contributed by atoms with Gasteiger partial charge in [0.1, 0.15) is 11.6 Å². The van der Waals surface area contributed by atoms with Crippen molar-refractivity contribution in [3.8, 4) is 0 Å². The minimum Gasteiger partial charge on any atom is -0.480 e. The monoisotopic (exact) mass is 276 g/mol. The molecule has 106 valence electrons. The molecule has 0 saturated heterocycles. The van der Waals surface area contributed by atoms with Crippen LogP contribution in [0.2, 0.25) is 0 Å². The summed E-state index contributed by atoms with van der Waals surface area (Å²) in [7, 11) is 0. The largest absolute Gasteiger partial charge is 0.480 e. The second kappa shape index (κ2) is 5.68. The van der Waals surface area contributed by atoms with Gasteiger partial charge in [-0.15, -0.1) is 5.10 Å². The molecule has 7 heteroatoms. The maximum Gasteiger partial charge on any atom is 0.326 e. The van der Waals surface area contributed by atoms with Crippen LogP contribution in [0.3, 0.4) is 0 Å². The predicted molar refractivity (Wildman–Crippen MR) is 72.4 cm³/mol. The Balaban J connectivity index is 2.24. The third kappa shape index (κ3) is 2.61. The normalized spacial score (nSPS) is 12.3. The van der Waals surface area contributed by atoms with E-state index in [2.05, 4.69) is 15.6 Å². The highest BCUT2D eigenvalue weighted by atomic mass is 16.4. The summed E-state index contributed by atoms with van der Waals surface area (Å²) in [6, 6.07) is 4.12. The molecule has 1 aromatic heterocycles. The summed E-state index contributed by atoms with van der Waals surface area (Å²) < 4.78 is 1.73. The third-order valence-electron chi connectivity index (χ3n) is 3.09. The number of rotatable bonds is 5. The quantitative estimate of drug-likeness (QED) is 0.850. The second-order valence-electron chi connectivity index (χ2n) is 4.38. The van der Waals surface area contributed by atoms with E-state index in [1.165, 1.54) is 0 Å². The van der Waals surface area contributed by atoms with Crippen molar-refractivity contribution in [2.24, 2.45) is 0 Å². The zero-order valence-electron chi connectivity index (χ0n) is 11.3. The van der Waals surface area contributed by atoms with Gasteiger partial charge in [-0.1, -0.05) is 12.1 Å². The van der Waals surface area contributed by atoms with E-state index in [1.807, 2.05) is 6.92 Å². The van der Waals surface area contributed by atoms with Crippen LogP contribution >= 0.6 is 0 Å². The number of aryl methyl sites for hydroxylation is 1. The van der Waals surface area contributed by atoms with Crippen LogP contribution in [0.25, 0.3) is 11.0 Å². The minimum atomic E-state index is -1.04. The molecule has 0 unspecified atom stereocenters. The summed E-state index contributed by atoms with van der Waals surface area (Å²) in [5.41, 5.74) is 1.83. The molecular formula is C13H16N4O3. The van der Waals surface area contributed by atoms with Gasteiger partial charge in [0, 0.05) is 12.1 Å². The van der Waals surface area contributed by atoms with Gasteiger partial charge < -0.3 is 10.4 Å². The Hall–Kier alpha value is -2.44. The van der Waals surface area contributed by atoms with E-state index in [-0.39, 0.29) is 0 Å². The van der Waals surface area contributed by atoms with Crippen molar-refractivity contribution in [2.75, 3.05) is 0 Å². The predicted octanol–water partition coefficient (Wildman–Crippen LogP) is 1.04. The van der Waals surface area contributed by atoms with Crippen molar-refractivity contribution in [1.82, 2.24) is 20.3 Å². The van der Waals surface area contributed by atoms with Crippen molar-refractivity contribution in [3.63, 3.8) is 0 Å². The first-order valence-electron chi connectivity index (χ1n) is 6.43. The minimum absolute atomic E-state index is 0.329. The molecule has 0 bridgehead atoms. The van der Waals surface area contributed by atoms with Crippen LogP contribution < -0.4 is 5.32 Å². The average Bonchev–Trinajstić information content (AvgIpc) is 2.86. The molecule has 0 aliphatic carbocycles. The number of hydrogen-bond donors (Lipinski definition) is 2. The molecule has 0 saturated carbocycles. The number of hydrogen-bond acceptors (Lipinski definition) is 4. The molecule has 2 N–H and O–H groups in total. The van der Waals surface area contributed by atoms with Crippen molar-refractivity contribution in [1.29, 1.82) is 0 Å². The first kappa shape index (κ1) is 14.0. The van der Waals surface area contributed by atoms with E-state index >= 15 is 0 Å². The highest BCUT2D eigenvalue weighted by Crippen LogP contribution is 2.13. The molecule has 7 nitrogen and oxygen atoms in total. The van der Waals surface area contributed by atoms with Crippen LogP contribution in [-0.2, 0) is 11.3 Å². The van der Waals surface area contributed by atoms with Gasteiger partial charge in [0.15, 0.2) is 0 Å². The summed E-state index contributed by atoms with van der Waals surface area (Å²) in [6.45, 7) is 4.35. The molecule has 1 atom stereocenters. The number of carbonyl (C=O) groups excluding carboxylic acids is 1. The van der Waals surface area contributed by atoms with Crippen molar-refractivity contribution >= 4 is 22.9 Å². The van der Waals surface area contributed by atoms with Crippen LogP contribution in [0.4, 0.5) is 0 Å². The van der Waals surface area contributed by atoms with Gasteiger partial charge in [0.25, 0.3) is 5.91 Å². The van der Waals surface area contributed by atoms with E-state index in [4.69, 9.17) is 5.11 Å². The highest BCUT2D eigenvalue weighted by Gasteiger charge is 2.19. The van der Waals surface area contributed by atoms with E-state index in [9.17, 15) is 9.59 Å². The lowest BCUT2D eigenvalue weighted by Gasteiger charge is -2.12. The molecular weight excluding hydrogens is 260 g/mol. The fourth-order valence-corrected chi connectivity index (χ4v) is 1.93. The zero-order valence-corrected chi connectivity index (χ0v) is 11.3. The molecule has 1 amide bonds. The molecule has 0 aliphatic rings. The van der Waals surface area contributed by atoms with E-state index in [0.717, 1.165) is 5.52 Å². The van der Waals surface area contributed by atoms with Gasteiger partial charge in [-0.2, -0.15) is 0 Å². The van der Waals surface area contributed by atoms with Crippen molar-refractivity contribution < 1.29 is 14.7 Å². The van der Waals surface area contributed by atoms with E-state index < -0.39 is 17.9 Å². The SMILES string of the molecule is CC[C@@H](NC(=O)c1ccc2c(c1)nnn2CC)C(=O)O. The molecule has 0 spiro atoms. The van der Waals surface area contributed by atoms with Gasteiger partial charge in [-0.3, -0.25) is 4.79 Å². The number of aromatic nitrogens is 3. The summed E-state index contributed by atoms with van der Waals surface area (Å²) in [5, 5.41) is 19.4. The van der Waals surface area contributed by atoms with Crippen LogP contribution in [0, 0.1) is 0 Å². The smallest absolute Gasteiger partial charge is 0.326 e. The Morgan fingerprint density at radius 3 is 2.75 bits per heavy atom. The first-order valence-corrected chi connectivity index (χ1v) is 6.43. The van der Waals surface area contributed by atoms with Crippen molar-refractivity contribution in [2.45, 2.75) is 32.9 Å². The third-order valence-corrected chi connectivity index (χ3v) is 3.09.